The van der Waals surface area contributed by atoms with Crippen molar-refractivity contribution in [2.45, 2.75) is 25.9 Å². The number of nitrogens with one attached hydrogen (secondary N) is 1. The van der Waals surface area contributed by atoms with E-state index in [1.807, 2.05) is 11.3 Å². The number of rotatable bonds is 1. The van der Waals surface area contributed by atoms with Gasteiger partial charge in [0.2, 0.25) is 0 Å². The molecule has 1 aromatic heterocycles. The van der Waals surface area contributed by atoms with Crippen molar-refractivity contribution in [2.75, 3.05) is 18.0 Å². The van der Waals surface area contributed by atoms with Crippen LogP contribution in [0.3, 0.4) is 0 Å². The van der Waals surface area contributed by atoms with Crippen LogP contribution in [0.15, 0.2) is 17.5 Å². The van der Waals surface area contributed by atoms with Crippen molar-refractivity contribution in [1.29, 1.82) is 0 Å². The fourth-order valence-electron chi connectivity index (χ4n) is 1.96. The second kappa shape index (κ2) is 3.68. The first kappa shape index (κ1) is 9.03. The van der Waals surface area contributed by atoms with Crippen LogP contribution in [0, 0.1) is 0 Å². The third kappa shape index (κ3) is 2.03. The molecular formula is C10H16N2S. The summed E-state index contributed by atoms with van der Waals surface area (Å²) in [5, 5.41) is 7.08. The van der Waals surface area contributed by atoms with Gasteiger partial charge in [-0.25, -0.2) is 0 Å². The van der Waals surface area contributed by atoms with Gasteiger partial charge in [-0.05, 0) is 31.4 Å². The molecular weight excluding hydrogens is 180 g/mol. The molecule has 1 aliphatic heterocycles. The molecule has 13 heavy (non-hydrogen) atoms. The molecule has 2 rings (SSSR count). The molecule has 1 aromatic rings. The Morgan fingerprint density at radius 1 is 1.38 bits per heavy atom. The van der Waals surface area contributed by atoms with Crippen LogP contribution in [-0.2, 0) is 0 Å². The number of anilines is 1. The van der Waals surface area contributed by atoms with Gasteiger partial charge in [0.05, 0.1) is 5.00 Å². The van der Waals surface area contributed by atoms with E-state index in [2.05, 4.69) is 41.6 Å². The van der Waals surface area contributed by atoms with Gasteiger partial charge in [0.15, 0.2) is 0 Å². The maximum Gasteiger partial charge on any atom is 0.0909 e. The lowest BCUT2D eigenvalue weighted by Crippen LogP contribution is -2.54. The van der Waals surface area contributed by atoms with E-state index in [0.717, 1.165) is 13.1 Å². The first-order valence-electron chi connectivity index (χ1n) is 4.80. The third-order valence-corrected chi connectivity index (χ3v) is 3.30. The standard InChI is InChI=1S/C10H16N2S/c1-8-6-12(7-9(2)11-8)10-4-3-5-13-10/h3-5,8-9,11H,6-7H2,1-2H3. The van der Waals surface area contributed by atoms with E-state index in [1.54, 1.807) is 0 Å². The van der Waals surface area contributed by atoms with Gasteiger partial charge in [0, 0.05) is 25.2 Å². The van der Waals surface area contributed by atoms with Gasteiger partial charge in [-0.2, -0.15) is 0 Å². The Morgan fingerprint density at radius 2 is 2.08 bits per heavy atom. The summed E-state index contributed by atoms with van der Waals surface area (Å²) in [5.41, 5.74) is 0. The zero-order valence-corrected chi connectivity index (χ0v) is 8.97. The number of hydrogen-bond acceptors (Lipinski definition) is 3. The molecule has 1 aliphatic rings. The first-order valence-corrected chi connectivity index (χ1v) is 5.68. The van der Waals surface area contributed by atoms with Crippen LogP contribution in [0.5, 0.6) is 0 Å². The van der Waals surface area contributed by atoms with Crippen LogP contribution in [-0.4, -0.2) is 25.2 Å². The molecule has 1 fully saturated rings. The summed E-state index contributed by atoms with van der Waals surface area (Å²) in [6.45, 7) is 6.75. The van der Waals surface area contributed by atoms with Crippen LogP contribution in [0.4, 0.5) is 5.00 Å². The highest BCUT2D eigenvalue weighted by Crippen LogP contribution is 2.23. The maximum absolute atomic E-state index is 3.53. The number of thiophene rings is 1. The normalized spacial score (nSPS) is 29.2. The quantitative estimate of drug-likeness (QED) is 0.738. The highest BCUT2D eigenvalue weighted by Gasteiger charge is 2.21. The van der Waals surface area contributed by atoms with Crippen molar-refractivity contribution in [3.8, 4) is 0 Å². The van der Waals surface area contributed by atoms with Gasteiger partial charge in [0.25, 0.3) is 0 Å². The summed E-state index contributed by atoms with van der Waals surface area (Å²) in [7, 11) is 0. The topological polar surface area (TPSA) is 15.3 Å². The minimum atomic E-state index is 0.603. The molecule has 0 aromatic carbocycles. The summed E-state index contributed by atoms with van der Waals surface area (Å²) < 4.78 is 0. The minimum Gasteiger partial charge on any atom is -0.360 e. The summed E-state index contributed by atoms with van der Waals surface area (Å²) in [6.07, 6.45) is 0. The average Bonchev–Trinajstić information content (AvgIpc) is 2.53. The highest BCUT2D eigenvalue weighted by molar-refractivity contribution is 7.14. The maximum atomic E-state index is 3.53. The molecule has 3 heteroatoms. The van der Waals surface area contributed by atoms with E-state index >= 15 is 0 Å². The van der Waals surface area contributed by atoms with Crippen molar-refractivity contribution in [2.24, 2.45) is 0 Å². The van der Waals surface area contributed by atoms with Crippen LogP contribution >= 0.6 is 11.3 Å². The lowest BCUT2D eigenvalue weighted by Gasteiger charge is -2.36. The summed E-state index contributed by atoms with van der Waals surface area (Å²) >= 11 is 1.83. The Bertz CT molecular complexity index is 248. The largest absolute Gasteiger partial charge is 0.360 e. The van der Waals surface area contributed by atoms with Crippen LogP contribution in [0.1, 0.15) is 13.8 Å². The van der Waals surface area contributed by atoms with Gasteiger partial charge in [-0.3, -0.25) is 0 Å². The predicted octanol–water partition coefficient (Wildman–Crippen LogP) is 1.93. The summed E-state index contributed by atoms with van der Waals surface area (Å²) in [4.78, 5) is 2.47. The Kier molecular flexibility index (Phi) is 2.56. The van der Waals surface area contributed by atoms with E-state index in [-0.39, 0.29) is 0 Å². The lowest BCUT2D eigenvalue weighted by atomic mass is 10.1. The Labute approximate surface area is 83.6 Å². The molecule has 0 radical (unpaired) electrons. The van der Waals surface area contributed by atoms with Gasteiger partial charge in [-0.15, -0.1) is 11.3 Å². The van der Waals surface area contributed by atoms with Crippen LogP contribution in [0.2, 0.25) is 0 Å². The molecule has 0 amide bonds. The molecule has 2 atom stereocenters. The molecule has 0 saturated carbocycles. The summed E-state index contributed by atoms with van der Waals surface area (Å²) in [6, 6.07) is 5.53. The smallest absolute Gasteiger partial charge is 0.0909 e. The van der Waals surface area contributed by atoms with Gasteiger partial charge >= 0.3 is 0 Å². The molecule has 1 saturated heterocycles. The molecule has 72 valence electrons. The van der Waals surface area contributed by atoms with Crippen LogP contribution in [0.25, 0.3) is 0 Å². The first-order chi connectivity index (χ1) is 6.25. The van der Waals surface area contributed by atoms with Gasteiger partial charge < -0.3 is 10.2 Å². The fourth-order valence-corrected chi connectivity index (χ4v) is 2.71. The zero-order valence-electron chi connectivity index (χ0n) is 8.16. The zero-order chi connectivity index (χ0) is 9.26. The molecule has 0 aliphatic carbocycles. The predicted molar refractivity (Wildman–Crippen MR) is 58.6 cm³/mol. The van der Waals surface area contributed by atoms with E-state index in [0.29, 0.717) is 12.1 Å². The lowest BCUT2D eigenvalue weighted by molar-refractivity contribution is 0.408. The van der Waals surface area contributed by atoms with E-state index in [1.165, 1.54) is 5.00 Å². The fraction of sp³-hybridized carbons (Fsp3) is 0.600. The van der Waals surface area contributed by atoms with Gasteiger partial charge in [0.1, 0.15) is 0 Å². The van der Waals surface area contributed by atoms with Crippen molar-refractivity contribution < 1.29 is 0 Å². The molecule has 1 N–H and O–H groups in total. The second-order valence-electron chi connectivity index (χ2n) is 3.83. The third-order valence-electron chi connectivity index (χ3n) is 2.38. The van der Waals surface area contributed by atoms with Gasteiger partial charge in [-0.1, -0.05) is 0 Å². The van der Waals surface area contributed by atoms with Crippen molar-refractivity contribution in [3.05, 3.63) is 17.5 Å². The van der Waals surface area contributed by atoms with E-state index in [4.69, 9.17) is 0 Å². The van der Waals surface area contributed by atoms with Crippen molar-refractivity contribution >= 4 is 16.3 Å². The minimum absolute atomic E-state index is 0.603. The molecule has 0 spiro atoms. The Morgan fingerprint density at radius 3 is 2.62 bits per heavy atom. The Balaban J connectivity index is 2.07. The Hall–Kier alpha value is -0.540. The molecule has 2 unspecified atom stereocenters. The SMILES string of the molecule is CC1CN(c2cccs2)CC(C)N1. The second-order valence-corrected chi connectivity index (χ2v) is 4.75. The monoisotopic (exact) mass is 196 g/mol. The number of hydrogen-bond donors (Lipinski definition) is 1. The number of piperazine rings is 1. The molecule has 2 heterocycles. The summed E-state index contributed by atoms with van der Waals surface area (Å²) in [5.74, 6) is 0. The molecule has 0 bridgehead atoms. The molecule has 2 nitrogen and oxygen atoms in total. The van der Waals surface area contributed by atoms with E-state index in [9.17, 15) is 0 Å². The van der Waals surface area contributed by atoms with Crippen molar-refractivity contribution in [3.63, 3.8) is 0 Å². The number of nitrogens with zero attached hydrogens (tertiary/aromatic N) is 1. The highest BCUT2D eigenvalue weighted by atomic mass is 32.1. The van der Waals surface area contributed by atoms with Crippen LogP contribution < -0.4 is 10.2 Å². The van der Waals surface area contributed by atoms with E-state index < -0.39 is 0 Å². The average molecular weight is 196 g/mol. The van der Waals surface area contributed by atoms with Crippen molar-refractivity contribution in [1.82, 2.24) is 5.32 Å².